The largest absolute Gasteiger partial charge is 0.491 e. The molecule has 3 unspecified atom stereocenters. The van der Waals surface area contributed by atoms with Gasteiger partial charge in [-0.1, -0.05) is 24.3 Å². The van der Waals surface area contributed by atoms with Crippen LogP contribution in [0, 0.1) is 18.7 Å². The number of carbonyl (C=O) groups is 1. The van der Waals surface area contributed by atoms with E-state index in [4.69, 9.17) is 4.74 Å². The van der Waals surface area contributed by atoms with E-state index < -0.39 is 6.10 Å². The standard InChI is InChI=1S/C20H22FNO3/c1-13-4-2-3-5-17(13)18-10-19(18)20(24)22-11-15(23)12-25-16-8-6-14(21)7-9-16/h2-9,15,18-19,23H,10-12H2,1H3,(H,22,24). The van der Waals surface area contributed by atoms with E-state index in [0.29, 0.717) is 5.75 Å². The van der Waals surface area contributed by atoms with Crippen LogP contribution < -0.4 is 10.1 Å². The van der Waals surface area contributed by atoms with Crippen LogP contribution in [0.2, 0.25) is 0 Å². The van der Waals surface area contributed by atoms with Crippen molar-refractivity contribution in [3.8, 4) is 5.75 Å². The van der Waals surface area contributed by atoms with Crippen LogP contribution in [0.5, 0.6) is 5.75 Å². The first-order chi connectivity index (χ1) is 12.0. The first kappa shape index (κ1) is 17.4. The van der Waals surface area contributed by atoms with Gasteiger partial charge in [-0.25, -0.2) is 4.39 Å². The van der Waals surface area contributed by atoms with Crippen LogP contribution in [0.15, 0.2) is 48.5 Å². The molecule has 3 atom stereocenters. The van der Waals surface area contributed by atoms with Gasteiger partial charge in [0.05, 0.1) is 0 Å². The Morgan fingerprint density at radius 1 is 1.28 bits per heavy atom. The van der Waals surface area contributed by atoms with Gasteiger partial charge in [0.25, 0.3) is 0 Å². The third kappa shape index (κ3) is 4.57. The van der Waals surface area contributed by atoms with Gasteiger partial charge in [0.15, 0.2) is 0 Å². The Hall–Kier alpha value is -2.40. The van der Waals surface area contributed by atoms with Gasteiger partial charge in [-0.15, -0.1) is 0 Å². The molecule has 2 aromatic rings. The van der Waals surface area contributed by atoms with E-state index in [1.54, 1.807) is 0 Å². The highest BCUT2D eigenvalue weighted by molar-refractivity contribution is 5.83. The van der Waals surface area contributed by atoms with Crippen molar-refractivity contribution in [3.63, 3.8) is 0 Å². The van der Waals surface area contributed by atoms with Gasteiger partial charge in [-0.05, 0) is 54.7 Å². The lowest BCUT2D eigenvalue weighted by Gasteiger charge is -2.13. The maximum Gasteiger partial charge on any atom is 0.223 e. The van der Waals surface area contributed by atoms with E-state index in [1.807, 2.05) is 12.1 Å². The summed E-state index contributed by atoms with van der Waals surface area (Å²) in [5.41, 5.74) is 2.43. The summed E-state index contributed by atoms with van der Waals surface area (Å²) in [4.78, 5) is 12.2. The van der Waals surface area contributed by atoms with E-state index in [9.17, 15) is 14.3 Å². The van der Waals surface area contributed by atoms with Crippen molar-refractivity contribution in [1.29, 1.82) is 0 Å². The predicted octanol–water partition coefficient (Wildman–Crippen LogP) is 2.79. The molecule has 1 aliphatic carbocycles. The molecule has 132 valence electrons. The molecule has 0 aliphatic heterocycles. The fourth-order valence-electron chi connectivity index (χ4n) is 2.96. The lowest BCUT2D eigenvalue weighted by molar-refractivity contribution is -0.122. The fraction of sp³-hybridized carbons (Fsp3) is 0.350. The summed E-state index contributed by atoms with van der Waals surface area (Å²) in [5.74, 6) is 0.357. The molecule has 1 saturated carbocycles. The number of aliphatic hydroxyl groups is 1. The van der Waals surface area contributed by atoms with Crippen molar-refractivity contribution < 1.29 is 19.0 Å². The number of halogens is 1. The Labute approximate surface area is 146 Å². The summed E-state index contributed by atoms with van der Waals surface area (Å²) in [6, 6.07) is 13.7. The molecule has 0 spiro atoms. The highest BCUT2D eigenvalue weighted by Crippen LogP contribution is 2.48. The van der Waals surface area contributed by atoms with Gasteiger partial charge in [0.1, 0.15) is 24.3 Å². The summed E-state index contributed by atoms with van der Waals surface area (Å²) in [6.07, 6.45) is 0.0310. The molecule has 5 heteroatoms. The minimum atomic E-state index is -0.815. The zero-order valence-corrected chi connectivity index (χ0v) is 14.1. The number of nitrogens with one attached hydrogen (secondary N) is 1. The average molecular weight is 343 g/mol. The molecular weight excluding hydrogens is 321 g/mol. The topological polar surface area (TPSA) is 58.6 Å². The second-order valence-corrected chi connectivity index (χ2v) is 6.47. The van der Waals surface area contributed by atoms with E-state index in [2.05, 4.69) is 24.4 Å². The molecule has 4 nitrogen and oxygen atoms in total. The lowest BCUT2D eigenvalue weighted by Crippen LogP contribution is -2.36. The normalized spacial score (nSPS) is 20.0. The van der Waals surface area contributed by atoms with Gasteiger partial charge >= 0.3 is 0 Å². The summed E-state index contributed by atoms with van der Waals surface area (Å²) in [7, 11) is 0. The smallest absolute Gasteiger partial charge is 0.223 e. The first-order valence-electron chi connectivity index (χ1n) is 8.44. The highest BCUT2D eigenvalue weighted by Gasteiger charge is 2.44. The van der Waals surface area contributed by atoms with E-state index >= 15 is 0 Å². The Kier molecular flexibility index (Phi) is 5.34. The van der Waals surface area contributed by atoms with Crippen molar-refractivity contribution in [1.82, 2.24) is 5.32 Å². The van der Waals surface area contributed by atoms with E-state index in [1.165, 1.54) is 35.4 Å². The number of ether oxygens (including phenoxy) is 1. The quantitative estimate of drug-likeness (QED) is 0.813. The van der Waals surface area contributed by atoms with Crippen LogP contribution in [0.4, 0.5) is 4.39 Å². The zero-order chi connectivity index (χ0) is 17.8. The van der Waals surface area contributed by atoms with Gasteiger partial charge in [-0.3, -0.25) is 4.79 Å². The molecule has 0 aromatic heterocycles. The summed E-state index contributed by atoms with van der Waals surface area (Å²) in [5, 5.41) is 12.7. The van der Waals surface area contributed by atoms with Crippen LogP contribution >= 0.6 is 0 Å². The zero-order valence-electron chi connectivity index (χ0n) is 14.1. The monoisotopic (exact) mass is 343 g/mol. The maximum absolute atomic E-state index is 12.8. The van der Waals surface area contributed by atoms with Crippen molar-refractivity contribution >= 4 is 5.91 Å². The van der Waals surface area contributed by atoms with Gasteiger partial charge < -0.3 is 15.2 Å². The second kappa shape index (κ2) is 7.66. The number of amides is 1. The van der Waals surface area contributed by atoms with E-state index in [-0.39, 0.29) is 36.7 Å². The second-order valence-electron chi connectivity index (χ2n) is 6.47. The Bertz CT molecular complexity index is 732. The first-order valence-corrected chi connectivity index (χ1v) is 8.44. The van der Waals surface area contributed by atoms with E-state index in [0.717, 1.165) is 6.42 Å². The number of benzene rings is 2. The molecule has 0 saturated heterocycles. The molecule has 25 heavy (non-hydrogen) atoms. The van der Waals surface area contributed by atoms with Crippen LogP contribution in [-0.4, -0.2) is 30.3 Å². The average Bonchev–Trinajstić information content (AvgIpc) is 3.40. The van der Waals surface area contributed by atoms with Crippen LogP contribution in [0.3, 0.4) is 0 Å². The molecule has 3 rings (SSSR count). The Morgan fingerprint density at radius 3 is 2.72 bits per heavy atom. The number of aliphatic hydroxyl groups excluding tert-OH is 1. The minimum absolute atomic E-state index is 0.0219. The van der Waals surface area contributed by atoms with Gasteiger partial charge in [-0.2, -0.15) is 0 Å². The molecule has 2 aromatic carbocycles. The lowest BCUT2D eigenvalue weighted by atomic mass is 10.0. The maximum atomic E-state index is 12.8. The van der Waals surface area contributed by atoms with Crippen LogP contribution in [0.25, 0.3) is 0 Å². The van der Waals surface area contributed by atoms with Crippen LogP contribution in [0.1, 0.15) is 23.5 Å². The summed E-state index contributed by atoms with van der Waals surface area (Å²) in [6.45, 7) is 2.23. The summed E-state index contributed by atoms with van der Waals surface area (Å²) < 4.78 is 18.2. The third-order valence-corrected chi connectivity index (χ3v) is 4.48. The van der Waals surface area contributed by atoms with Crippen molar-refractivity contribution in [2.75, 3.05) is 13.2 Å². The molecule has 1 aliphatic rings. The van der Waals surface area contributed by atoms with Crippen LogP contribution in [-0.2, 0) is 4.79 Å². The van der Waals surface area contributed by atoms with Gasteiger partial charge in [0.2, 0.25) is 5.91 Å². The molecule has 1 fully saturated rings. The number of hydrogen-bond acceptors (Lipinski definition) is 3. The number of carbonyl (C=O) groups excluding carboxylic acids is 1. The molecule has 2 N–H and O–H groups in total. The number of aryl methyl sites for hydroxylation is 1. The van der Waals surface area contributed by atoms with Crippen molar-refractivity contribution in [3.05, 3.63) is 65.5 Å². The fourth-order valence-corrected chi connectivity index (χ4v) is 2.96. The number of rotatable bonds is 7. The summed E-state index contributed by atoms with van der Waals surface area (Å²) >= 11 is 0. The SMILES string of the molecule is Cc1ccccc1C1CC1C(=O)NCC(O)COc1ccc(F)cc1. The number of hydrogen-bond donors (Lipinski definition) is 2. The molecular formula is C20H22FNO3. The predicted molar refractivity (Wildman–Crippen MR) is 92.9 cm³/mol. The highest BCUT2D eigenvalue weighted by atomic mass is 19.1. The Morgan fingerprint density at radius 2 is 2.00 bits per heavy atom. The van der Waals surface area contributed by atoms with Crippen molar-refractivity contribution in [2.45, 2.75) is 25.4 Å². The third-order valence-electron chi connectivity index (χ3n) is 4.48. The molecule has 1 amide bonds. The van der Waals surface area contributed by atoms with Gasteiger partial charge in [0, 0.05) is 12.5 Å². The Balaban J connectivity index is 1.40. The molecule has 0 heterocycles. The van der Waals surface area contributed by atoms with Crippen molar-refractivity contribution in [2.24, 2.45) is 5.92 Å². The molecule has 0 bridgehead atoms. The minimum Gasteiger partial charge on any atom is -0.491 e. The molecule has 0 radical (unpaired) electrons.